The van der Waals surface area contributed by atoms with Gasteiger partial charge in [0.1, 0.15) is 17.7 Å². The highest BCUT2D eigenvalue weighted by molar-refractivity contribution is 7.99. The summed E-state index contributed by atoms with van der Waals surface area (Å²) in [5, 5.41) is 2.12. The molecule has 0 N–H and O–H groups in total. The van der Waals surface area contributed by atoms with Crippen LogP contribution in [-0.4, -0.2) is 23.1 Å². The molecule has 1 saturated heterocycles. The van der Waals surface area contributed by atoms with Crippen molar-refractivity contribution in [2.24, 2.45) is 0 Å². The SMILES string of the molecule is O=C(Cc1cccs1)N1CCSC1c1ccc(OCc2ccccc2)cc1. The number of ether oxygens (including phenoxy) is 1. The molecule has 0 aliphatic carbocycles. The molecule has 0 bridgehead atoms. The minimum atomic E-state index is 0.0978. The fourth-order valence-corrected chi connectivity index (χ4v) is 5.11. The Balaban J connectivity index is 1.39. The molecule has 0 spiro atoms. The van der Waals surface area contributed by atoms with Crippen LogP contribution in [-0.2, 0) is 17.8 Å². The molecule has 0 radical (unpaired) electrons. The van der Waals surface area contributed by atoms with Crippen LogP contribution < -0.4 is 4.74 Å². The number of carbonyl (C=O) groups is 1. The summed E-state index contributed by atoms with van der Waals surface area (Å²) >= 11 is 3.47. The van der Waals surface area contributed by atoms with Crippen LogP contribution in [0.25, 0.3) is 0 Å². The van der Waals surface area contributed by atoms with Crippen molar-refractivity contribution >= 4 is 29.0 Å². The number of nitrogens with zero attached hydrogens (tertiary/aromatic N) is 1. The molecule has 4 rings (SSSR count). The summed E-state index contributed by atoms with van der Waals surface area (Å²) in [6, 6.07) is 22.3. The van der Waals surface area contributed by atoms with Gasteiger partial charge in [0.2, 0.25) is 5.91 Å². The molecule has 1 aliphatic rings. The first-order valence-corrected chi connectivity index (χ1v) is 10.9. The fourth-order valence-electron chi connectivity index (χ4n) is 3.13. The second kappa shape index (κ2) is 8.63. The molecule has 1 fully saturated rings. The van der Waals surface area contributed by atoms with Gasteiger partial charge in [0.15, 0.2) is 0 Å². The van der Waals surface area contributed by atoms with Crippen LogP contribution in [0.5, 0.6) is 5.75 Å². The average Bonchev–Trinajstić information content (AvgIpc) is 3.39. The van der Waals surface area contributed by atoms with Crippen molar-refractivity contribution in [2.75, 3.05) is 12.3 Å². The summed E-state index contributed by atoms with van der Waals surface area (Å²) in [7, 11) is 0. The second-order valence-corrected chi connectivity index (χ2v) is 8.63. The van der Waals surface area contributed by atoms with Gasteiger partial charge in [-0.05, 0) is 34.7 Å². The zero-order chi connectivity index (χ0) is 18.5. The van der Waals surface area contributed by atoms with Crippen molar-refractivity contribution < 1.29 is 9.53 Å². The summed E-state index contributed by atoms with van der Waals surface area (Å²) in [5.41, 5.74) is 2.31. The van der Waals surface area contributed by atoms with E-state index in [1.165, 1.54) is 0 Å². The lowest BCUT2D eigenvalue weighted by Crippen LogP contribution is -2.31. The first-order chi connectivity index (χ1) is 13.3. The third-order valence-corrected chi connectivity index (χ3v) is 6.67. The molecule has 2 aromatic carbocycles. The predicted octanol–water partition coefficient (Wildman–Crippen LogP) is 5.14. The summed E-state index contributed by atoms with van der Waals surface area (Å²) in [6.45, 7) is 1.37. The number of thiophene rings is 1. The van der Waals surface area contributed by atoms with Gasteiger partial charge in [-0.25, -0.2) is 0 Å². The van der Waals surface area contributed by atoms with Gasteiger partial charge in [-0.3, -0.25) is 4.79 Å². The van der Waals surface area contributed by atoms with Crippen molar-refractivity contribution in [1.29, 1.82) is 0 Å². The number of thioether (sulfide) groups is 1. The Labute approximate surface area is 168 Å². The van der Waals surface area contributed by atoms with Crippen LogP contribution in [0.2, 0.25) is 0 Å². The van der Waals surface area contributed by atoms with Gasteiger partial charge in [-0.1, -0.05) is 48.5 Å². The Bertz CT molecular complexity index is 863. The first-order valence-electron chi connectivity index (χ1n) is 9.00. The van der Waals surface area contributed by atoms with Crippen molar-refractivity contribution in [2.45, 2.75) is 18.4 Å². The minimum Gasteiger partial charge on any atom is -0.489 e. The van der Waals surface area contributed by atoms with Gasteiger partial charge in [-0.15, -0.1) is 23.1 Å². The van der Waals surface area contributed by atoms with E-state index in [4.69, 9.17) is 4.74 Å². The molecule has 1 unspecified atom stereocenters. The predicted molar refractivity (Wildman–Crippen MR) is 112 cm³/mol. The van der Waals surface area contributed by atoms with Crippen LogP contribution in [0, 0.1) is 0 Å². The van der Waals surface area contributed by atoms with E-state index < -0.39 is 0 Å². The van der Waals surface area contributed by atoms with Crippen molar-refractivity contribution in [3.05, 3.63) is 88.1 Å². The summed E-state index contributed by atoms with van der Waals surface area (Å²) in [6.07, 6.45) is 0.493. The third kappa shape index (κ3) is 4.54. The van der Waals surface area contributed by atoms with Gasteiger partial charge in [0.25, 0.3) is 0 Å². The van der Waals surface area contributed by atoms with E-state index in [9.17, 15) is 4.79 Å². The number of hydrogen-bond acceptors (Lipinski definition) is 4. The number of amides is 1. The van der Waals surface area contributed by atoms with Gasteiger partial charge >= 0.3 is 0 Å². The number of benzene rings is 2. The van der Waals surface area contributed by atoms with Crippen LogP contribution in [0.1, 0.15) is 21.4 Å². The smallest absolute Gasteiger partial charge is 0.229 e. The maximum Gasteiger partial charge on any atom is 0.229 e. The molecule has 27 heavy (non-hydrogen) atoms. The van der Waals surface area contributed by atoms with Crippen LogP contribution in [0.4, 0.5) is 0 Å². The summed E-state index contributed by atoms with van der Waals surface area (Å²) in [4.78, 5) is 15.8. The lowest BCUT2D eigenvalue weighted by molar-refractivity contribution is -0.130. The average molecular weight is 396 g/mol. The molecule has 1 aliphatic heterocycles. The Hall–Kier alpha value is -2.24. The normalized spacial score (nSPS) is 16.4. The summed E-state index contributed by atoms with van der Waals surface area (Å²) < 4.78 is 5.87. The van der Waals surface area contributed by atoms with E-state index in [1.54, 1.807) is 11.3 Å². The minimum absolute atomic E-state index is 0.0978. The standard InChI is InChI=1S/C22H21NO2S2/c24-21(15-20-7-4-13-26-20)23-12-14-27-22(23)18-8-10-19(11-9-18)25-16-17-5-2-1-3-6-17/h1-11,13,22H,12,14-16H2. The van der Waals surface area contributed by atoms with Crippen molar-refractivity contribution in [3.8, 4) is 5.75 Å². The monoisotopic (exact) mass is 395 g/mol. The molecular weight excluding hydrogens is 374 g/mol. The number of carbonyl (C=O) groups excluding carboxylic acids is 1. The molecule has 3 aromatic rings. The molecular formula is C22H21NO2S2. The van der Waals surface area contributed by atoms with E-state index in [1.807, 2.05) is 64.5 Å². The molecule has 3 nitrogen and oxygen atoms in total. The van der Waals surface area contributed by atoms with E-state index in [0.29, 0.717) is 13.0 Å². The van der Waals surface area contributed by atoms with Gasteiger partial charge in [0.05, 0.1) is 6.42 Å². The van der Waals surface area contributed by atoms with Crippen LogP contribution in [0.3, 0.4) is 0 Å². The Morgan fingerprint density at radius 1 is 1.04 bits per heavy atom. The molecule has 0 saturated carbocycles. The summed E-state index contributed by atoms with van der Waals surface area (Å²) in [5.74, 6) is 2.03. The van der Waals surface area contributed by atoms with Crippen LogP contribution >= 0.6 is 23.1 Å². The lowest BCUT2D eigenvalue weighted by atomic mass is 10.2. The zero-order valence-corrected chi connectivity index (χ0v) is 16.5. The second-order valence-electron chi connectivity index (χ2n) is 6.41. The van der Waals surface area contributed by atoms with Crippen molar-refractivity contribution in [3.63, 3.8) is 0 Å². The number of hydrogen-bond donors (Lipinski definition) is 0. The van der Waals surface area contributed by atoms with Gasteiger partial charge in [-0.2, -0.15) is 0 Å². The number of rotatable bonds is 6. The lowest BCUT2D eigenvalue weighted by Gasteiger charge is -2.24. The topological polar surface area (TPSA) is 29.5 Å². The molecule has 2 heterocycles. The fraction of sp³-hybridized carbons (Fsp3) is 0.227. The molecule has 1 aromatic heterocycles. The first kappa shape index (κ1) is 18.1. The highest BCUT2D eigenvalue weighted by Crippen LogP contribution is 2.38. The van der Waals surface area contributed by atoms with Crippen LogP contribution in [0.15, 0.2) is 72.1 Å². The largest absolute Gasteiger partial charge is 0.489 e. The van der Waals surface area contributed by atoms with Gasteiger partial charge in [0, 0.05) is 17.2 Å². The molecule has 138 valence electrons. The third-order valence-electron chi connectivity index (χ3n) is 4.53. The van der Waals surface area contributed by atoms with E-state index >= 15 is 0 Å². The van der Waals surface area contributed by atoms with Crippen molar-refractivity contribution in [1.82, 2.24) is 4.90 Å². The quantitative estimate of drug-likeness (QED) is 0.578. The van der Waals surface area contributed by atoms with E-state index in [-0.39, 0.29) is 11.3 Å². The Kier molecular flexibility index (Phi) is 5.80. The Morgan fingerprint density at radius 2 is 1.85 bits per heavy atom. The van der Waals surface area contributed by atoms with E-state index in [2.05, 4.69) is 24.3 Å². The zero-order valence-electron chi connectivity index (χ0n) is 14.9. The molecule has 1 atom stereocenters. The maximum absolute atomic E-state index is 12.7. The highest BCUT2D eigenvalue weighted by atomic mass is 32.2. The Morgan fingerprint density at radius 3 is 2.59 bits per heavy atom. The van der Waals surface area contributed by atoms with Gasteiger partial charge < -0.3 is 9.64 Å². The van der Waals surface area contributed by atoms with E-state index in [0.717, 1.165) is 34.1 Å². The molecule has 1 amide bonds. The molecule has 5 heteroatoms. The maximum atomic E-state index is 12.7. The highest BCUT2D eigenvalue weighted by Gasteiger charge is 2.30.